The molecule has 0 amide bonds. The lowest BCUT2D eigenvalue weighted by molar-refractivity contribution is -0.216. The molecule has 3 aliphatic heterocycles. The summed E-state index contributed by atoms with van der Waals surface area (Å²) >= 11 is 0. The van der Waals surface area contributed by atoms with E-state index in [4.69, 9.17) is 23.7 Å². The molecule has 0 bridgehead atoms. The molecule has 8 heteroatoms. The van der Waals surface area contributed by atoms with Gasteiger partial charge in [-0.3, -0.25) is 0 Å². The molecule has 3 aliphatic rings. The molecule has 3 saturated heterocycles. The van der Waals surface area contributed by atoms with Crippen LogP contribution >= 0.6 is 0 Å². The minimum Gasteiger partial charge on any atom is -0.504 e. The number of ether oxygens (including phenoxy) is 5. The van der Waals surface area contributed by atoms with Gasteiger partial charge in [-0.25, -0.2) is 4.79 Å². The highest BCUT2D eigenvalue weighted by molar-refractivity contribution is 5.78. The molecule has 0 spiro atoms. The molecule has 3 heterocycles. The van der Waals surface area contributed by atoms with Crippen LogP contribution in [0.2, 0.25) is 0 Å². The fraction of sp³-hybridized carbons (Fsp3) is 0.500. The highest BCUT2D eigenvalue weighted by Gasteiger charge is 2.63. The number of esters is 1. The van der Waals surface area contributed by atoms with E-state index >= 15 is 0 Å². The fourth-order valence-electron chi connectivity index (χ4n) is 3.37. The molecule has 8 nitrogen and oxygen atoms in total. The third-order valence-electron chi connectivity index (χ3n) is 4.49. The van der Waals surface area contributed by atoms with Gasteiger partial charge in [-0.05, 0) is 31.5 Å². The summed E-state index contributed by atoms with van der Waals surface area (Å²) in [5, 5.41) is 18.8. The lowest BCUT2D eigenvalue weighted by atomic mass is 10.1. The maximum atomic E-state index is 12.1. The van der Waals surface area contributed by atoms with Crippen LogP contribution in [-0.4, -0.2) is 59.3 Å². The lowest BCUT2D eigenvalue weighted by Gasteiger charge is -2.21. The second-order valence-corrected chi connectivity index (χ2v) is 6.88. The molecule has 0 aliphatic carbocycles. The first kappa shape index (κ1) is 17.3. The van der Waals surface area contributed by atoms with Crippen molar-refractivity contribution in [2.75, 3.05) is 6.61 Å². The van der Waals surface area contributed by atoms with Crippen LogP contribution in [0.1, 0.15) is 19.4 Å². The largest absolute Gasteiger partial charge is 0.504 e. The van der Waals surface area contributed by atoms with Gasteiger partial charge in [-0.1, -0.05) is 18.2 Å². The standard InChI is InChI=1S/C18H20O8/c1-18(2)25-15-13-12(24-17(15)26-18)14(16(21)23-13)22-7-3-4-9-5-6-10(19)11(20)8-9/h3-6,8,12-15,17,19-20H,7H2,1-2H3. The summed E-state index contributed by atoms with van der Waals surface area (Å²) in [6.45, 7) is 3.71. The molecule has 3 fully saturated rings. The number of hydrogen-bond donors (Lipinski definition) is 2. The Morgan fingerprint density at radius 2 is 1.96 bits per heavy atom. The Labute approximate surface area is 149 Å². The summed E-state index contributed by atoms with van der Waals surface area (Å²) in [4.78, 5) is 12.1. The van der Waals surface area contributed by atoms with Crippen molar-refractivity contribution in [2.45, 2.75) is 50.3 Å². The predicted molar refractivity (Wildman–Crippen MR) is 87.1 cm³/mol. The average Bonchev–Trinajstić information content (AvgIpc) is 3.14. The topological polar surface area (TPSA) is 104 Å². The van der Waals surface area contributed by atoms with Gasteiger partial charge in [0.25, 0.3) is 0 Å². The summed E-state index contributed by atoms with van der Waals surface area (Å²) in [7, 11) is 0. The first-order valence-corrected chi connectivity index (χ1v) is 8.36. The zero-order valence-electron chi connectivity index (χ0n) is 14.3. The van der Waals surface area contributed by atoms with E-state index in [2.05, 4.69) is 0 Å². The van der Waals surface area contributed by atoms with Crippen molar-refractivity contribution in [3.05, 3.63) is 29.8 Å². The van der Waals surface area contributed by atoms with Gasteiger partial charge in [-0.2, -0.15) is 0 Å². The molecular formula is C18H20O8. The number of phenols is 2. The Morgan fingerprint density at radius 3 is 2.73 bits per heavy atom. The minimum absolute atomic E-state index is 0.149. The Bertz CT molecular complexity index is 743. The average molecular weight is 364 g/mol. The number of phenolic OH excluding ortho intramolecular Hbond substituents is 2. The van der Waals surface area contributed by atoms with E-state index in [1.807, 2.05) is 0 Å². The number of carbonyl (C=O) groups excluding carboxylic acids is 1. The second kappa shape index (κ2) is 6.24. The summed E-state index contributed by atoms with van der Waals surface area (Å²) in [5.41, 5.74) is 0.687. The molecule has 5 unspecified atom stereocenters. The molecule has 1 aromatic rings. The van der Waals surface area contributed by atoms with Crippen LogP contribution in [0.15, 0.2) is 24.3 Å². The SMILES string of the molecule is CC1(C)OC2OC3C(OCC=Cc4ccc(O)c(O)c4)C(=O)OC3C2O1. The molecular weight excluding hydrogens is 344 g/mol. The van der Waals surface area contributed by atoms with E-state index in [-0.39, 0.29) is 18.1 Å². The van der Waals surface area contributed by atoms with E-state index < -0.39 is 42.5 Å². The zero-order chi connectivity index (χ0) is 18.5. The van der Waals surface area contributed by atoms with Crippen LogP contribution in [-0.2, 0) is 28.5 Å². The first-order valence-electron chi connectivity index (χ1n) is 8.36. The fourth-order valence-corrected chi connectivity index (χ4v) is 3.37. The van der Waals surface area contributed by atoms with Crippen LogP contribution in [0.25, 0.3) is 6.08 Å². The van der Waals surface area contributed by atoms with Gasteiger partial charge in [-0.15, -0.1) is 0 Å². The van der Waals surface area contributed by atoms with E-state index in [0.29, 0.717) is 5.56 Å². The number of hydrogen-bond acceptors (Lipinski definition) is 8. The highest BCUT2D eigenvalue weighted by atomic mass is 16.8. The van der Waals surface area contributed by atoms with Crippen LogP contribution in [0.3, 0.4) is 0 Å². The smallest absolute Gasteiger partial charge is 0.338 e. The normalized spacial score (nSPS) is 34.8. The summed E-state index contributed by atoms with van der Waals surface area (Å²) in [6.07, 6.45) is 0.405. The van der Waals surface area contributed by atoms with Crippen LogP contribution in [0.5, 0.6) is 11.5 Å². The Morgan fingerprint density at radius 1 is 1.15 bits per heavy atom. The molecule has 4 rings (SSSR count). The Kier molecular flexibility index (Phi) is 4.15. The molecule has 5 atom stereocenters. The number of carbonyl (C=O) groups is 1. The number of benzene rings is 1. The summed E-state index contributed by atoms with van der Waals surface area (Å²) < 4.78 is 28.1. The molecule has 0 aromatic heterocycles. The van der Waals surface area contributed by atoms with Crippen LogP contribution in [0, 0.1) is 0 Å². The maximum Gasteiger partial charge on any atom is 0.338 e. The minimum atomic E-state index is -0.848. The van der Waals surface area contributed by atoms with Gasteiger partial charge in [0.15, 0.2) is 41.9 Å². The van der Waals surface area contributed by atoms with Crippen LogP contribution in [0.4, 0.5) is 0 Å². The molecule has 26 heavy (non-hydrogen) atoms. The Balaban J connectivity index is 1.35. The number of rotatable bonds is 4. The third kappa shape index (κ3) is 3.05. The maximum absolute atomic E-state index is 12.1. The predicted octanol–water partition coefficient (Wildman–Crippen LogP) is 1.30. The van der Waals surface area contributed by atoms with Crippen molar-refractivity contribution < 1.29 is 38.7 Å². The third-order valence-corrected chi connectivity index (χ3v) is 4.49. The van der Waals surface area contributed by atoms with Gasteiger partial charge in [0.1, 0.15) is 6.10 Å². The lowest BCUT2D eigenvalue weighted by Crippen LogP contribution is -2.36. The number of fused-ring (bicyclic) bond motifs is 3. The van der Waals surface area contributed by atoms with Gasteiger partial charge in [0.2, 0.25) is 0 Å². The van der Waals surface area contributed by atoms with Crippen molar-refractivity contribution in [1.29, 1.82) is 0 Å². The van der Waals surface area contributed by atoms with Gasteiger partial charge in [0.05, 0.1) is 6.61 Å². The summed E-state index contributed by atoms with van der Waals surface area (Å²) in [6, 6.07) is 4.45. The quantitative estimate of drug-likeness (QED) is 0.609. The van der Waals surface area contributed by atoms with Crippen LogP contribution < -0.4 is 0 Å². The molecule has 0 saturated carbocycles. The van der Waals surface area contributed by atoms with Gasteiger partial charge >= 0.3 is 5.97 Å². The first-order chi connectivity index (χ1) is 12.3. The zero-order valence-corrected chi connectivity index (χ0v) is 14.3. The van der Waals surface area contributed by atoms with Crippen molar-refractivity contribution in [2.24, 2.45) is 0 Å². The van der Waals surface area contributed by atoms with E-state index in [1.54, 1.807) is 32.1 Å². The Hall–Kier alpha value is -2.13. The molecule has 2 N–H and O–H groups in total. The van der Waals surface area contributed by atoms with Gasteiger partial charge < -0.3 is 33.9 Å². The second-order valence-electron chi connectivity index (χ2n) is 6.88. The van der Waals surface area contributed by atoms with Crippen molar-refractivity contribution in [3.8, 4) is 11.5 Å². The molecule has 140 valence electrons. The molecule has 1 aromatic carbocycles. The van der Waals surface area contributed by atoms with Gasteiger partial charge in [0, 0.05) is 0 Å². The van der Waals surface area contributed by atoms with E-state index in [0.717, 1.165) is 0 Å². The van der Waals surface area contributed by atoms with E-state index in [9.17, 15) is 15.0 Å². The van der Waals surface area contributed by atoms with Crippen molar-refractivity contribution in [1.82, 2.24) is 0 Å². The van der Waals surface area contributed by atoms with E-state index in [1.165, 1.54) is 12.1 Å². The highest BCUT2D eigenvalue weighted by Crippen LogP contribution is 2.42. The monoisotopic (exact) mass is 364 g/mol. The summed E-state index contributed by atoms with van der Waals surface area (Å²) in [5.74, 6) is -1.65. The number of aromatic hydroxyl groups is 2. The van der Waals surface area contributed by atoms with Crippen molar-refractivity contribution in [3.63, 3.8) is 0 Å². The molecule has 0 radical (unpaired) electrons. The van der Waals surface area contributed by atoms with Crippen molar-refractivity contribution >= 4 is 12.0 Å².